The van der Waals surface area contributed by atoms with Crippen LogP contribution in [0.1, 0.15) is 49.2 Å². The van der Waals surface area contributed by atoms with E-state index >= 15 is 4.39 Å². The molecule has 3 heterocycles. The quantitative estimate of drug-likeness (QED) is 0.468. The molecule has 1 amide bonds. The molecule has 1 aliphatic heterocycles. The third-order valence-electron chi connectivity index (χ3n) is 5.37. The topological polar surface area (TPSA) is 141 Å². The smallest absolute Gasteiger partial charge is 0.265 e. The lowest BCUT2D eigenvalue weighted by molar-refractivity contribution is -0.120. The van der Waals surface area contributed by atoms with Crippen molar-refractivity contribution in [2.75, 3.05) is 24.2 Å². The van der Waals surface area contributed by atoms with Crippen LogP contribution in [0.3, 0.4) is 0 Å². The van der Waals surface area contributed by atoms with E-state index in [1.54, 1.807) is 26.8 Å². The number of halogens is 2. The molecule has 1 aromatic carbocycles. The molecule has 0 spiro atoms. The van der Waals surface area contributed by atoms with Gasteiger partial charge in [-0.05, 0) is 38.8 Å². The fourth-order valence-corrected chi connectivity index (χ4v) is 4.14. The van der Waals surface area contributed by atoms with Crippen LogP contribution in [0, 0.1) is 12.7 Å². The summed E-state index contributed by atoms with van der Waals surface area (Å²) in [5.74, 6) is -0.287. The van der Waals surface area contributed by atoms with Crippen molar-refractivity contribution in [3.63, 3.8) is 0 Å². The number of rotatable bonds is 7. The lowest BCUT2D eigenvalue weighted by atomic mass is 9.93. The monoisotopic (exact) mass is 475 g/mol. The Morgan fingerprint density at radius 2 is 2.24 bits per heavy atom. The Balaban J connectivity index is 1.73. The molecule has 4 rings (SSSR count). The molecular weight excluding hydrogens is 453 g/mol. The van der Waals surface area contributed by atoms with Crippen molar-refractivity contribution in [1.82, 2.24) is 25.4 Å². The number of benzene rings is 1. The van der Waals surface area contributed by atoms with E-state index in [0.717, 1.165) is 0 Å². The number of aromatic nitrogens is 4. The second kappa shape index (κ2) is 9.18. The maximum absolute atomic E-state index is 15.5. The summed E-state index contributed by atoms with van der Waals surface area (Å²) in [7, 11) is 0. The maximum Gasteiger partial charge on any atom is 0.265 e. The normalized spacial score (nSPS) is 16.5. The first-order valence-electron chi connectivity index (χ1n) is 10.4. The molecule has 12 heteroatoms. The molecular formula is C21H23ClFN7O3. The number of amides is 1. The van der Waals surface area contributed by atoms with Crippen LogP contribution < -0.4 is 21.1 Å². The van der Waals surface area contributed by atoms with Crippen LogP contribution in [0.5, 0.6) is 5.75 Å². The minimum absolute atomic E-state index is 0.106. The molecule has 174 valence electrons. The van der Waals surface area contributed by atoms with Crippen molar-refractivity contribution in [2.45, 2.75) is 39.2 Å². The number of carbonyl (C=O) groups excluding carboxylic acids is 1. The number of ether oxygens (including phenoxy) is 1. The third kappa shape index (κ3) is 4.28. The zero-order valence-electron chi connectivity index (χ0n) is 18.3. The second-order valence-electron chi connectivity index (χ2n) is 7.57. The maximum atomic E-state index is 15.5. The Bertz CT molecular complexity index is 1200. The van der Waals surface area contributed by atoms with Gasteiger partial charge in [-0.25, -0.2) is 14.4 Å². The Kier molecular flexibility index (Phi) is 6.32. The molecule has 2 atom stereocenters. The van der Waals surface area contributed by atoms with Gasteiger partial charge in [0.2, 0.25) is 5.91 Å². The molecule has 0 saturated carbocycles. The largest absolute Gasteiger partial charge is 0.493 e. The van der Waals surface area contributed by atoms with E-state index < -0.39 is 17.8 Å². The molecule has 3 aromatic rings. The predicted molar refractivity (Wildman–Crippen MR) is 119 cm³/mol. The highest BCUT2D eigenvalue weighted by atomic mass is 35.5. The van der Waals surface area contributed by atoms with Gasteiger partial charge in [-0.3, -0.25) is 4.79 Å². The van der Waals surface area contributed by atoms with Crippen LogP contribution in [-0.2, 0) is 4.79 Å². The van der Waals surface area contributed by atoms with Crippen LogP contribution in [0.2, 0.25) is 5.02 Å². The van der Waals surface area contributed by atoms with Crippen LogP contribution in [-0.4, -0.2) is 39.2 Å². The lowest BCUT2D eigenvalue weighted by Gasteiger charge is -2.22. The number of hydrogen-bond acceptors (Lipinski definition) is 9. The number of aryl methyl sites for hydroxylation is 1. The summed E-state index contributed by atoms with van der Waals surface area (Å²) >= 11 is 6.45. The average molecular weight is 476 g/mol. The zero-order valence-corrected chi connectivity index (χ0v) is 19.0. The summed E-state index contributed by atoms with van der Waals surface area (Å²) in [6.07, 6.45) is 1.75. The number of carbonyl (C=O) groups is 1. The first-order valence-corrected chi connectivity index (χ1v) is 10.8. The SMILES string of the molecule is CCOc1cc([C@H](C)Nc2ncnc(N)c2-c2nc(C)no2)c(Cl)c(F)c1[C@@H]1CCNC1=O. The first-order chi connectivity index (χ1) is 15.8. The Hall–Kier alpha value is -3.47. The van der Waals surface area contributed by atoms with Gasteiger partial charge in [-0.15, -0.1) is 0 Å². The van der Waals surface area contributed by atoms with E-state index in [2.05, 4.69) is 30.7 Å². The molecule has 4 N–H and O–H groups in total. The van der Waals surface area contributed by atoms with Crippen LogP contribution >= 0.6 is 11.6 Å². The number of nitrogens with two attached hydrogens (primary N) is 1. The number of hydrogen-bond donors (Lipinski definition) is 3. The molecule has 10 nitrogen and oxygen atoms in total. The molecule has 33 heavy (non-hydrogen) atoms. The molecule has 0 bridgehead atoms. The third-order valence-corrected chi connectivity index (χ3v) is 5.75. The Morgan fingerprint density at radius 1 is 1.45 bits per heavy atom. The van der Waals surface area contributed by atoms with Crippen molar-refractivity contribution >= 4 is 29.1 Å². The van der Waals surface area contributed by atoms with Crippen LogP contribution in [0.25, 0.3) is 11.5 Å². The van der Waals surface area contributed by atoms with Crippen molar-refractivity contribution in [1.29, 1.82) is 0 Å². The molecule has 0 radical (unpaired) electrons. The molecule has 1 fully saturated rings. The first kappa shape index (κ1) is 22.7. The van der Waals surface area contributed by atoms with Gasteiger partial charge < -0.3 is 25.6 Å². The summed E-state index contributed by atoms with van der Waals surface area (Å²) in [5, 5.41) is 9.56. The van der Waals surface area contributed by atoms with Gasteiger partial charge >= 0.3 is 0 Å². The van der Waals surface area contributed by atoms with Crippen molar-refractivity contribution < 1.29 is 18.4 Å². The zero-order chi connectivity index (χ0) is 23.7. The van der Waals surface area contributed by atoms with Crippen LogP contribution in [0.15, 0.2) is 16.9 Å². The number of nitrogens with zero attached hydrogens (tertiary/aromatic N) is 4. The van der Waals surface area contributed by atoms with E-state index in [-0.39, 0.29) is 34.0 Å². The Morgan fingerprint density at radius 3 is 2.88 bits per heavy atom. The molecule has 1 saturated heterocycles. The van der Waals surface area contributed by atoms with Gasteiger partial charge in [0.1, 0.15) is 35.1 Å². The highest BCUT2D eigenvalue weighted by Crippen LogP contribution is 2.41. The van der Waals surface area contributed by atoms with E-state index in [0.29, 0.717) is 42.3 Å². The van der Waals surface area contributed by atoms with Gasteiger partial charge in [0.25, 0.3) is 5.89 Å². The minimum Gasteiger partial charge on any atom is -0.493 e. The summed E-state index contributed by atoms with van der Waals surface area (Å²) in [4.78, 5) is 24.7. The average Bonchev–Trinajstić information content (AvgIpc) is 3.39. The van der Waals surface area contributed by atoms with E-state index in [9.17, 15) is 4.79 Å². The number of nitrogen functional groups attached to an aromatic ring is 1. The van der Waals surface area contributed by atoms with E-state index in [1.807, 2.05) is 0 Å². The highest BCUT2D eigenvalue weighted by molar-refractivity contribution is 6.31. The number of nitrogens with one attached hydrogen (secondary N) is 2. The molecule has 0 unspecified atom stereocenters. The fourth-order valence-electron chi connectivity index (χ4n) is 3.82. The van der Waals surface area contributed by atoms with Gasteiger partial charge in [0.05, 0.1) is 23.6 Å². The van der Waals surface area contributed by atoms with Gasteiger partial charge in [-0.1, -0.05) is 16.8 Å². The van der Waals surface area contributed by atoms with Gasteiger partial charge in [0.15, 0.2) is 5.82 Å². The van der Waals surface area contributed by atoms with E-state index in [1.165, 1.54) is 6.33 Å². The second-order valence-corrected chi connectivity index (χ2v) is 7.94. The standard InChI is InChI=1S/C21H23ClFN7O3/c1-4-32-13-7-12(16(22)17(23)14(13)11-5-6-25-20(11)31)9(2)28-19-15(18(24)26-8-27-19)21-29-10(3)30-33-21/h7-9,11H,4-6H2,1-3H3,(H,25,31)(H3,24,26,27,28)/t9-,11-/m0/s1. The number of anilines is 2. The summed E-state index contributed by atoms with van der Waals surface area (Å²) in [6, 6.07) is 1.11. The van der Waals surface area contributed by atoms with Gasteiger partial charge in [-0.2, -0.15) is 4.98 Å². The molecule has 2 aromatic heterocycles. The fraction of sp³-hybridized carbons (Fsp3) is 0.381. The summed E-state index contributed by atoms with van der Waals surface area (Å²) in [5.41, 5.74) is 6.95. The summed E-state index contributed by atoms with van der Waals surface area (Å²) < 4.78 is 26.4. The molecule has 0 aliphatic carbocycles. The van der Waals surface area contributed by atoms with Crippen LogP contribution in [0.4, 0.5) is 16.0 Å². The highest BCUT2D eigenvalue weighted by Gasteiger charge is 2.34. The minimum atomic E-state index is -0.678. The Labute approximate surface area is 194 Å². The van der Waals surface area contributed by atoms with Crippen molar-refractivity contribution in [3.05, 3.63) is 40.2 Å². The van der Waals surface area contributed by atoms with Crippen molar-refractivity contribution in [3.8, 4) is 17.2 Å². The van der Waals surface area contributed by atoms with Crippen molar-refractivity contribution in [2.24, 2.45) is 0 Å². The van der Waals surface area contributed by atoms with Gasteiger partial charge in [0, 0.05) is 12.1 Å². The van der Waals surface area contributed by atoms with E-state index in [4.69, 9.17) is 26.6 Å². The predicted octanol–water partition coefficient (Wildman–Crippen LogP) is 3.39. The summed E-state index contributed by atoms with van der Waals surface area (Å²) in [6.45, 7) is 6.01. The molecule has 1 aliphatic rings. The lowest BCUT2D eigenvalue weighted by Crippen LogP contribution is -2.20.